The molecule has 0 unspecified atom stereocenters. The molecular weight excluding hydrogens is 1410 g/mol. The van der Waals surface area contributed by atoms with Crippen LogP contribution in [0.15, 0.2) is 59.7 Å². The van der Waals surface area contributed by atoms with Crippen molar-refractivity contribution in [3.8, 4) is 0 Å². The average molecular weight is 1610 g/mol. The fraction of sp³-hybridized carbons (Fsp3) is 0.836. The third kappa shape index (κ3) is 72.1. The Balaban J connectivity index is 0.00000262. The van der Waals surface area contributed by atoms with Crippen LogP contribution in [0.1, 0.15) is 590 Å². The van der Waals surface area contributed by atoms with Crippen molar-refractivity contribution in [1.82, 2.24) is 0 Å². The van der Waals surface area contributed by atoms with Crippen LogP contribution in [0.4, 0.5) is 0 Å². The van der Waals surface area contributed by atoms with Crippen molar-refractivity contribution in [2.45, 2.75) is 593 Å². The molecule has 0 aromatic heterocycles. The predicted octanol–water partition coefficient (Wildman–Crippen LogP) is 39.5. The second-order valence-electron chi connectivity index (χ2n) is 36.0. The number of allylic oxidation sites excluding steroid dienone is 4. The molecule has 0 N–H and O–H groups in total. The number of unbranched alkanes of at least 4 members (excludes halogenated alkanes) is 70. The molecule has 0 radical (unpaired) electrons. The van der Waals surface area contributed by atoms with Crippen LogP contribution < -0.4 is 0 Å². The van der Waals surface area contributed by atoms with Crippen LogP contribution in [0.5, 0.6) is 0 Å². The fourth-order valence-corrected chi connectivity index (χ4v) is 18.4. The molecule has 0 amide bonds. The van der Waals surface area contributed by atoms with Crippen LogP contribution in [0, 0.1) is 0 Å². The van der Waals surface area contributed by atoms with E-state index in [1.807, 2.05) is 14.4 Å². The second kappa shape index (κ2) is 90.3. The zero-order valence-electron chi connectivity index (χ0n) is 78.2. The molecule has 0 spiro atoms. The Morgan fingerprint density at radius 3 is 0.681 bits per heavy atom. The topological polar surface area (TPSA) is 36.4 Å². The zero-order valence-corrected chi connectivity index (χ0v) is 79.2. The van der Waals surface area contributed by atoms with Gasteiger partial charge >= 0.3 is 148 Å². The van der Waals surface area contributed by atoms with Crippen LogP contribution in [-0.2, 0) is 40.1 Å². The summed E-state index contributed by atoms with van der Waals surface area (Å²) in [6.07, 6.45) is 118. The van der Waals surface area contributed by atoms with E-state index in [2.05, 4.69) is 115 Å². The second-order valence-corrected chi connectivity index (χ2v) is 37.5. The molecule has 0 aliphatic carbocycles. The van der Waals surface area contributed by atoms with Gasteiger partial charge in [0.05, 0.1) is 5.57 Å². The molecule has 0 heterocycles. The van der Waals surface area contributed by atoms with E-state index in [1.165, 1.54) is 543 Å². The Hall–Kier alpha value is -2.43. The molecule has 0 aliphatic heterocycles. The molecule has 0 aliphatic rings. The number of benzene rings is 2. The van der Waals surface area contributed by atoms with Gasteiger partial charge in [-0.05, 0) is 110 Å². The van der Waals surface area contributed by atoms with Crippen LogP contribution in [0.25, 0.3) is 11.1 Å². The van der Waals surface area contributed by atoms with Crippen molar-refractivity contribution in [1.29, 1.82) is 0 Å². The van der Waals surface area contributed by atoms with Crippen molar-refractivity contribution < 1.29 is 19.2 Å². The van der Waals surface area contributed by atoms with Gasteiger partial charge in [0.25, 0.3) is 0 Å². The first kappa shape index (κ1) is 109. The van der Waals surface area contributed by atoms with Gasteiger partial charge in [0, 0.05) is 5.57 Å². The van der Waals surface area contributed by atoms with Crippen LogP contribution in [-0.4, -0.2) is 10.7 Å². The molecule has 660 valence electrons. The summed E-state index contributed by atoms with van der Waals surface area (Å²) in [5.74, 6) is 3.16. The van der Waals surface area contributed by atoms with Crippen molar-refractivity contribution in [3.63, 3.8) is 0 Å². The summed E-state index contributed by atoms with van der Waals surface area (Å²) in [4.78, 5) is 3.65. The Kier molecular flexibility index (Phi) is 86.8. The summed E-state index contributed by atoms with van der Waals surface area (Å²) < 4.78 is 0. The summed E-state index contributed by atoms with van der Waals surface area (Å²) in [7, 11) is 0. The molecule has 0 fully saturated rings. The molecular formula is C110H200N2Ni. The van der Waals surface area contributed by atoms with Gasteiger partial charge in [0.15, 0.2) is 0 Å². The first-order chi connectivity index (χ1) is 56.0. The van der Waals surface area contributed by atoms with E-state index in [0.717, 1.165) is 44.1 Å². The SMILES string of the molecule is CCCCCCCCCCCCCCCCC=CC(C(=C=[N+]=[N-])CC)=C(c1cc(CCCC)cc(CCCC)c1)c1cc(CCCCCCCCCCCCCCCCCCCCCCC)cc(CCCCCCCCCCCCCCCCCCCCCCC)c1.CCCCCCCCC[CH2][Ni][CH2]CCCCCCCCC. The summed E-state index contributed by atoms with van der Waals surface area (Å²) in [5, 5.41) is 2.86. The Morgan fingerprint density at radius 1 is 0.257 bits per heavy atom. The Morgan fingerprint density at radius 2 is 0.460 bits per heavy atom. The van der Waals surface area contributed by atoms with Crippen molar-refractivity contribution in [2.24, 2.45) is 0 Å². The summed E-state index contributed by atoms with van der Waals surface area (Å²) in [6, 6.07) is 15.4. The van der Waals surface area contributed by atoms with Gasteiger partial charge in [0.2, 0.25) is 0 Å². The Labute approximate surface area is 717 Å². The maximum absolute atomic E-state index is 10.3. The average Bonchev–Trinajstić information content (AvgIpc) is 0.787. The van der Waals surface area contributed by atoms with Gasteiger partial charge in [-0.3, -0.25) is 0 Å². The quantitative estimate of drug-likeness (QED) is 0.0158. The first-order valence-corrected chi connectivity index (χ1v) is 53.4. The zero-order chi connectivity index (χ0) is 81.4. The van der Waals surface area contributed by atoms with E-state index in [0.29, 0.717) is 0 Å². The van der Waals surface area contributed by atoms with E-state index in [1.54, 1.807) is 0 Å². The molecule has 113 heavy (non-hydrogen) atoms. The molecule has 0 bridgehead atoms. The molecule has 2 nitrogen and oxygen atoms in total. The van der Waals surface area contributed by atoms with E-state index in [4.69, 9.17) is 0 Å². The monoisotopic (exact) mass is 1610 g/mol. The van der Waals surface area contributed by atoms with Crippen molar-refractivity contribution >= 4 is 11.4 Å². The molecule has 3 heteroatoms. The normalized spacial score (nSPS) is 11.8. The number of hydrogen-bond donors (Lipinski definition) is 0. The first-order valence-electron chi connectivity index (χ1n) is 52.0. The maximum atomic E-state index is 10.3. The van der Waals surface area contributed by atoms with Crippen LogP contribution in [0.3, 0.4) is 0 Å². The molecule has 2 aromatic rings. The minimum atomic E-state index is 0.760. The molecule has 2 rings (SSSR count). The molecule has 0 saturated carbocycles. The summed E-state index contributed by atoms with van der Waals surface area (Å²) in [5.41, 5.74) is 22.4. The van der Waals surface area contributed by atoms with Crippen molar-refractivity contribution in [3.05, 3.63) is 98.6 Å². The Bertz CT molecular complexity index is 2300. The van der Waals surface area contributed by atoms with E-state index in [-0.39, 0.29) is 0 Å². The summed E-state index contributed by atoms with van der Waals surface area (Å²) in [6.45, 7) is 18.4. The standard InChI is InChI=1S/C90H158N2.2C10H21.Ni/c1-7-13-18-21-24-27-30-33-36-39-41-43-45-47-49-52-55-58-61-64-67-72-84-76-85(73-68-65-62-59-56-53-50-48-46-44-42-40-37-34-31-28-25-22-19-14-8-2)80-88(79-84)90(87-77-82(70-16-10-4)75-83(78-87)71-17-11-5)89(86(12-6)81-92-91)74-69-66-63-60-57-54-51-38-35-32-29-26-23-20-15-9-3;2*1-3-5-7-9-10-8-6-4-2;/h69,74-80H,7-68,70-73H2,1-6H3;2*1,3-10H2,2H3;. The van der Waals surface area contributed by atoms with Gasteiger partial charge in [-0.2, -0.15) is 0 Å². The van der Waals surface area contributed by atoms with E-state index >= 15 is 0 Å². The van der Waals surface area contributed by atoms with E-state index < -0.39 is 0 Å². The van der Waals surface area contributed by atoms with E-state index in [9.17, 15) is 5.53 Å². The number of aryl methyl sites for hydroxylation is 4. The van der Waals surface area contributed by atoms with Crippen LogP contribution >= 0.6 is 0 Å². The minimum absolute atomic E-state index is 0.760. The number of nitrogens with zero attached hydrogens (tertiary/aromatic N) is 2. The van der Waals surface area contributed by atoms with Gasteiger partial charge in [0.1, 0.15) is 0 Å². The van der Waals surface area contributed by atoms with Gasteiger partial charge in [-0.25, -0.2) is 0 Å². The van der Waals surface area contributed by atoms with Gasteiger partial charge in [-0.15, -0.1) is 4.79 Å². The fourth-order valence-electron chi connectivity index (χ4n) is 17.2. The predicted molar refractivity (Wildman–Crippen MR) is 510 cm³/mol. The van der Waals surface area contributed by atoms with Gasteiger partial charge in [-0.1, -0.05) is 443 Å². The van der Waals surface area contributed by atoms with Crippen LogP contribution in [0.2, 0.25) is 10.8 Å². The van der Waals surface area contributed by atoms with Gasteiger partial charge < -0.3 is 5.53 Å². The van der Waals surface area contributed by atoms with Crippen molar-refractivity contribution in [2.75, 3.05) is 0 Å². The molecule has 0 atom stereocenters. The summed E-state index contributed by atoms with van der Waals surface area (Å²) >= 11 is 2.02. The number of hydrogen-bond acceptors (Lipinski definition) is 0. The third-order valence-electron chi connectivity index (χ3n) is 24.8. The third-order valence-corrected chi connectivity index (χ3v) is 26.2. The number of rotatable bonds is 88. The molecule has 0 saturated heterocycles. The molecule has 2 aromatic carbocycles.